The van der Waals surface area contributed by atoms with Crippen LogP contribution >= 0.6 is 0 Å². The number of aromatic nitrogens is 1. The second kappa shape index (κ2) is 6.61. The van der Waals surface area contributed by atoms with Gasteiger partial charge in [-0.3, -0.25) is 0 Å². The summed E-state index contributed by atoms with van der Waals surface area (Å²) < 4.78 is 26.6. The molecule has 25 heavy (non-hydrogen) atoms. The normalized spacial score (nSPS) is 17.0. The van der Waals surface area contributed by atoms with Gasteiger partial charge in [0.15, 0.2) is 6.23 Å². The largest absolute Gasteiger partial charge is 0.495 e. The first kappa shape index (κ1) is 15.7. The van der Waals surface area contributed by atoms with Crippen molar-refractivity contribution in [1.29, 1.82) is 0 Å². The SMILES string of the molecule is COc1ccccc1-n1ccc(C2OCCN2c2ccc(F)cc2)c1. The van der Waals surface area contributed by atoms with Crippen LogP contribution in [0.5, 0.6) is 5.75 Å². The van der Waals surface area contributed by atoms with E-state index in [1.54, 1.807) is 19.2 Å². The van der Waals surface area contributed by atoms with E-state index in [4.69, 9.17) is 9.47 Å². The van der Waals surface area contributed by atoms with Crippen molar-refractivity contribution in [3.63, 3.8) is 0 Å². The molecule has 2 aromatic carbocycles. The van der Waals surface area contributed by atoms with Crippen molar-refractivity contribution in [3.05, 3.63) is 78.4 Å². The minimum absolute atomic E-state index is 0.179. The Morgan fingerprint density at radius 2 is 1.88 bits per heavy atom. The molecule has 1 atom stereocenters. The molecule has 1 unspecified atom stereocenters. The van der Waals surface area contributed by atoms with Gasteiger partial charge in [-0.1, -0.05) is 12.1 Å². The van der Waals surface area contributed by atoms with Crippen LogP contribution in [-0.4, -0.2) is 24.8 Å². The minimum Gasteiger partial charge on any atom is -0.495 e. The van der Waals surface area contributed by atoms with Crippen LogP contribution in [0.4, 0.5) is 10.1 Å². The molecule has 4 rings (SSSR count). The molecule has 4 nitrogen and oxygen atoms in total. The lowest BCUT2D eigenvalue weighted by molar-refractivity contribution is 0.114. The van der Waals surface area contributed by atoms with Gasteiger partial charge in [-0.05, 0) is 42.5 Å². The first-order valence-corrected chi connectivity index (χ1v) is 8.21. The number of rotatable bonds is 4. The van der Waals surface area contributed by atoms with Crippen molar-refractivity contribution in [1.82, 2.24) is 4.57 Å². The first-order valence-electron chi connectivity index (χ1n) is 8.21. The molecule has 128 valence electrons. The summed E-state index contributed by atoms with van der Waals surface area (Å²) in [6, 6.07) is 16.4. The van der Waals surface area contributed by atoms with E-state index < -0.39 is 0 Å². The molecule has 0 amide bonds. The number of benzene rings is 2. The molecule has 3 aromatic rings. The highest BCUT2D eigenvalue weighted by Gasteiger charge is 2.28. The Kier molecular flexibility index (Phi) is 4.15. The van der Waals surface area contributed by atoms with Gasteiger partial charge in [0.2, 0.25) is 0 Å². The van der Waals surface area contributed by atoms with E-state index in [1.807, 2.05) is 47.3 Å². The quantitative estimate of drug-likeness (QED) is 0.715. The number of hydrogen-bond acceptors (Lipinski definition) is 3. The third-order valence-corrected chi connectivity index (χ3v) is 4.41. The van der Waals surface area contributed by atoms with Crippen molar-refractivity contribution < 1.29 is 13.9 Å². The molecule has 0 bridgehead atoms. The summed E-state index contributed by atoms with van der Waals surface area (Å²) in [6.07, 6.45) is 3.86. The fourth-order valence-electron chi connectivity index (χ4n) is 3.20. The smallest absolute Gasteiger partial charge is 0.158 e. The molecule has 0 aliphatic carbocycles. The van der Waals surface area contributed by atoms with E-state index in [2.05, 4.69) is 4.90 Å². The molecule has 5 heteroatoms. The predicted molar refractivity (Wildman–Crippen MR) is 94.8 cm³/mol. The molecular weight excluding hydrogens is 319 g/mol. The molecule has 2 heterocycles. The number of para-hydroxylation sites is 2. The fourth-order valence-corrected chi connectivity index (χ4v) is 3.20. The van der Waals surface area contributed by atoms with Gasteiger partial charge in [0.1, 0.15) is 11.6 Å². The Bertz CT molecular complexity index is 860. The van der Waals surface area contributed by atoms with Crippen LogP contribution in [0, 0.1) is 5.82 Å². The standard InChI is InChI=1S/C20H19FN2O2/c1-24-19-5-3-2-4-18(19)22-11-10-15(14-22)20-23(12-13-25-20)17-8-6-16(21)7-9-17/h2-11,14,20H,12-13H2,1H3. The summed E-state index contributed by atoms with van der Waals surface area (Å²) in [7, 11) is 1.67. The number of hydrogen-bond donors (Lipinski definition) is 0. The summed E-state index contributed by atoms with van der Waals surface area (Å²) in [5, 5.41) is 0. The van der Waals surface area contributed by atoms with Gasteiger partial charge in [-0.15, -0.1) is 0 Å². The van der Waals surface area contributed by atoms with Gasteiger partial charge < -0.3 is 18.9 Å². The van der Waals surface area contributed by atoms with Gasteiger partial charge in [0.25, 0.3) is 0 Å². The Hall–Kier alpha value is -2.79. The third kappa shape index (κ3) is 2.98. The fraction of sp³-hybridized carbons (Fsp3) is 0.200. The van der Waals surface area contributed by atoms with Crippen LogP contribution in [0.25, 0.3) is 5.69 Å². The predicted octanol–water partition coefficient (Wildman–Crippen LogP) is 4.16. The Morgan fingerprint density at radius 1 is 1.08 bits per heavy atom. The number of halogens is 1. The zero-order valence-electron chi connectivity index (χ0n) is 13.9. The number of methoxy groups -OCH3 is 1. The molecule has 1 aromatic heterocycles. The van der Waals surface area contributed by atoms with Crippen LogP contribution in [0.1, 0.15) is 11.8 Å². The van der Waals surface area contributed by atoms with Gasteiger partial charge >= 0.3 is 0 Å². The van der Waals surface area contributed by atoms with Crippen molar-refractivity contribution in [2.45, 2.75) is 6.23 Å². The zero-order valence-corrected chi connectivity index (χ0v) is 13.9. The van der Waals surface area contributed by atoms with Crippen LogP contribution in [0.15, 0.2) is 67.0 Å². The van der Waals surface area contributed by atoms with E-state index >= 15 is 0 Å². The molecule has 0 N–H and O–H groups in total. The Labute approximate surface area is 146 Å². The number of anilines is 1. The maximum absolute atomic E-state index is 13.2. The monoisotopic (exact) mass is 338 g/mol. The zero-order chi connectivity index (χ0) is 17.2. The molecule has 1 fully saturated rings. The van der Waals surface area contributed by atoms with E-state index in [0.717, 1.165) is 29.2 Å². The minimum atomic E-state index is -0.234. The van der Waals surface area contributed by atoms with Crippen LogP contribution < -0.4 is 9.64 Å². The van der Waals surface area contributed by atoms with Crippen LogP contribution in [-0.2, 0) is 4.74 Å². The summed E-state index contributed by atoms with van der Waals surface area (Å²) in [4.78, 5) is 2.14. The molecule has 1 aliphatic heterocycles. The van der Waals surface area contributed by atoms with E-state index in [9.17, 15) is 4.39 Å². The second-order valence-electron chi connectivity index (χ2n) is 5.92. The summed E-state index contributed by atoms with van der Waals surface area (Å²) in [6.45, 7) is 1.41. The van der Waals surface area contributed by atoms with E-state index in [0.29, 0.717) is 6.61 Å². The summed E-state index contributed by atoms with van der Waals surface area (Å²) in [5.41, 5.74) is 2.98. The average molecular weight is 338 g/mol. The van der Waals surface area contributed by atoms with Crippen molar-refractivity contribution >= 4 is 5.69 Å². The molecule has 0 saturated carbocycles. The first-order chi connectivity index (χ1) is 12.3. The maximum Gasteiger partial charge on any atom is 0.158 e. The van der Waals surface area contributed by atoms with Crippen molar-refractivity contribution in [3.8, 4) is 11.4 Å². The van der Waals surface area contributed by atoms with Crippen LogP contribution in [0.3, 0.4) is 0 Å². The highest BCUT2D eigenvalue weighted by molar-refractivity contribution is 5.50. The summed E-state index contributed by atoms with van der Waals surface area (Å²) in [5.74, 6) is 0.579. The average Bonchev–Trinajstić information content (AvgIpc) is 3.31. The van der Waals surface area contributed by atoms with Crippen molar-refractivity contribution in [2.75, 3.05) is 25.2 Å². The van der Waals surface area contributed by atoms with Gasteiger partial charge in [0, 0.05) is 30.2 Å². The molecule has 1 aliphatic rings. The van der Waals surface area contributed by atoms with Gasteiger partial charge in [-0.2, -0.15) is 0 Å². The van der Waals surface area contributed by atoms with Gasteiger partial charge in [-0.25, -0.2) is 4.39 Å². The lowest BCUT2D eigenvalue weighted by atomic mass is 10.2. The lowest BCUT2D eigenvalue weighted by Crippen LogP contribution is -2.22. The lowest BCUT2D eigenvalue weighted by Gasteiger charge is -2.24. The molecular formula is C20H19FN2O2. The number of ether oxygens (including phenoxy) is 2. The van der Waals surface area contributed by atoms with Gasteiger partial charge in [0.05, 0.1) is 19.4 Å². The van der Waals surface area contributed by atoms with E-state index in [-0.39, 0.29) is 12.0 Å². The Morgan fingerprint density at radius 3 is 2.68 bits per heavy atom. The summed E-state index contributed by atoms with van der Waals surface area (Å²) >= 11 is 0. The highest BCUT2D eigenvalue weighted by atomic mass is 19.1. The molecule has 0 spiro atoms. The number of nitrogens with zero attached hydrogens (tertiary/aromatic N) is 2. The van der Waals surface area contributed by atoms with Crippen LogP contribution in [0.2, 0.25) is 0 Å². The second-order valence-corrected chi connectivity index (χ2v) is 5.92. The van der Waals surface area contributed by atoms with Crippen molar-refractivity contribution in [2.24, 2.45) is 0 Å². The molecule has 0 radical (unpaired) electrons. The topological polar surface area (TPSA) is 26.6 Å². The highest BCUT2D eigenvalue weighted by Crippen LogP contribution is 2.33. The maximum atomic E-state index is 13.2. The molecule has 1 saturated heterocycles. The van der Waals surface area contributed by atoms with E-state index in [1.165, 1.54) is 12.1 Å². The Balaban J connectivity index is 1.64. The third-order valence-electron chi connectivity index (χ3n) is 4.41.